The van der Waals surface area contributed by atoms with Crippen molar-refractivity contribution in [2.75, 3.05) is 19.4 Å². The third-order valence-electron chi connectivity index (χ3n) is 3.41. The van der Waals surface area contributed by atoms with Gasteiger partial charge in [-0.1, -0.05) is 30.3 Å². The molecule has 25 heavy (non-hydrogen) atoms. The molecule has 0 saturated carbocycles. The molecule has 8 heteroatoms. The normalized spacial score (nSPS) is 12.6. The minimum Gasteiger partial charge on any atom is -0.481 e. The molecule has 0 spiro atoms. The SMILES string of the molecule is CCOP(=O)(CC[C@@H](CC(=O)OCc1ccccc1)C(=O)O)OCC. The molecule has 1 atom stereocenters. The van der Waals surface area contributed by atoms with Crippen molar-refractivity contribution in [2.24, 2.45) is 5.92 Å². The van der Waals surface area contributed by atoms with E-state index < -0.39 is 25.5 Å². The molecular weight excluding hydrogens is 347 g/mol. The summed E-state index contributed by atoms with van der Waals surface area (Å²) in [4.78, 5) is 23.3. The van der Waals surface area contributed by atoms with E-state index >= 15 is 0 Å². The molecule has 0 amide bonds. The van der Waals surface area contributed by atoms with Crippen molar-refractivity contribution in [1.82, 2.24) is 0 Å². The Morgan fingerprint density at radius 1 is 1.12 bits per heavy atom. The van der Waals surface area contributed by atoms with Gasteiger partial charge in [-0.25, -0.2) is 0 Å². The molecular formula is C17H25O7P. The number of carboxylic acid groups (broad SMARTS) is 1. The number of ether oxygens (including phenoxy) is 1. The largest absolute Gasteiger partial charge is 0.481 e. The lowest BCUT2D eigenvalue weighted by molar-refractivity contribution is -0.152. The number of carboxylic acids is 1. The number of hydrogen-bond donors (Lipinski definition) is 1. The lowest BCUT2D eigenvalue weighted by atomic mass is 10.0. The van der Waals surface area contributed by atoms with Crippen LogP contribution in [0.3, 0.4) is 0 Å². The van der Waals surface area contributed by atoms with Crippen LogP contribution in [0, 0.1) is 5.92 Å². The predicted molar refractivity (Wildman–Crippen MR) is 92.3 cm³/mol. The minimum atomic E-state index is -3.33. The van der Waals surface area contributed by atoms with Gasteiger partial charge in [0.05, 0.1) is 31.7 Å². The molecule has 1 N–H and O–H groups in total. The molecule has 1 rings (SSSR count). The number of aliphatic carboxylic acids is 1. The summed E-state index contributed by atoms with van der Waals surface area (Å²) in [6, 6.07) is 9.11. The van der Waals surface area contributed by atoms with Crippen LogP contribution in [-0.2, 0) is 34.5 Å². The smallest absolute Gasteiger partial charge is 0.330 e. The Bertz CT molecular complexity index is 578. The summed E-state index contributed by atoms with van der Waals surface area (Å²) in [6.45, 7) is 3.85. The summed E-state index contributed by atoms with van der Waals surface area (Å²) >= 11 is 0. The maximum Gasteiger partial charge on any atom is 0.330 e. The molecule has 140 valence electrons. The van der Waals surface area contributed by atoms with Gasteiger partial charge in [-0.05, 0) is 25.8 Å². The van der Waals surface area contributed by atoms with Gasteiger partial charge in [-0.2, -0.15) is 0 Å². The molecule has 1 aromatic carbocycles. The standard InChI is InChI=1S/C17H25O7P/c1-3-23-25(21,24-4-2)11-10-15(17(19)20)12-16(18)22-13-14-8-6-5-7-9-14/h5-9,15H,3-4,10-13H2,1-2H3,(H,19,20)/t15-/m0/s1. The number of carbonyl (C=O) groups is 2. The van der Waals surface area contributed by atoms with Crippen molar-refractivity contribution in [1.29, 1.82) is 0 Å². The van der Waals surface area contributed by atoms with Crippen LogP contribution < -0.4 is 0 Å². The Morgan fingerprint density at radius 2 is 1.72 bits per heavy atom. The Morgan fingerprint density at radius 3 is 2.24 bits per heavy atom. The van der Waals surface area contributed by atoms with E-state index in [2.05, 4.69) is 0 Å². The van der Waals surface area contributed by atoms with Gasteiger partial charge >= 0.3 is 19.5 Å². The van der Waals surface area contributed by atoms with Gasteiger partial charge < -0.3 is 18.9 Å². The number of carbonyl (C=O) groups excluding carboxylic acids is 1. The molecule has 0 aromatic heterocycles. The molecule has 7 nitrogen and oxygen atoms in total. The van der Waals surface area contributed by atoms with Gasteiger partial charge in [-0.3, -0.25) is 14.2 Å². The quantitative estimate of drug-likeness (QED) is 0.443. The summed E-state index contributed by atoms with van der Waals surface area (Å²) in [5, 5.41) is 9.28. The molecule has 0 bridgehead atoms. The zero-order valence-electron chi connectivity index (χ0n) is 14.6. The number of hydrogen-bond acceptors (Lipinski definition) is 6. The topological polar surface area (TPSA) is 99.1 Å². The van der Waals surface area contributed by atoms with Crippen molar-refractivity contribution in [2.45, 2.75) is 33.3 Å². The van der Waals surface area contributed by atoms with Crippen molar-refractivity contribution < 1.29 is 33.0 Å². The monoisotopic (exact) mass is 372 g/mol. The first-order chi connectivity index (χ1) is 11.9. The molecule has 0 heterocycles. The fraction of sp³-hybridized carbons (Fsp3) is 0.529. The van der Waals surface area contributed by atoms with Crippen LogP contribution in [0.4, 0.5) is 0 Å². The Kier molecular flexibility index (Phi) is 9.42. The zero-order valence-corrected chi connectivity index (χ0v) is 15.4. The Labute approximate surface area is 147 Å². The van der Waals surface area contributed by atoms with Gasteiger partial charge in [0.25, 0.3) is 0 Å². The van der Waals surface area contributed by atoms with Gasteiger partial charge in [-0.15, -0.1) is 0 Å². The number of rotatable bonds is 12. The van der Waals surface area contributed by atoms with E-state index in [4.69, 9.17) is 13.8 Å². The third-order valence-corrected chi connectivity index (χ3v) is 5.52. The van der Waals surface area contributed by atoms with E-state index in [1.165, 1.54) is 0 Å². The lowest BCUT2D eigenvalue weighted by Gasteiger charge is -2.19. The average Bonchev–Trinajstić information content (AvgIpc) is 2.58. The van der Waals surface area contributed by atoms with E-state index in [0.29, 0.717) is 0 Å². The summed E-state index contributed by atoms with van der Waals surface area (Å²) in [5.41, 5.74) is 0.819. The summed E-state index contributed by atoms with van der Waals surface area (Å²) < 4.78 is 27.8. The van der Waals surface area contributed by atoms with Crippen LogP contribution >= 0.6 is 7.60 Å². The fourth-order valence-corrected chi connectivity index (χ4v) is 3.93. The lowest BCUT2D eigenvalue weighted by Crippen LogP contribution is -2.21. The van der Waals surface area contributed by atoms with Crippen LogP contribution in [0.5, 0.6) is 0 Å². The van der Waals surface area contributed by atoms with Gasteiger partial charge in [0.15, 0.2) is 0 Å². The molecule has 1 aromatic rings. The Balaban J connectivity index is 2.54. The first-order valence-corrected chi connectivity index (χ1v) is 9.93. The van der Waals surface area contributed by atoms with Crippen LogP contribution in [-0.4, -0.2) is 36.4 Å². The Hall–Kier alpha value is -1.69. The van der Waals surface area contributed by atoms with Crippen LogP contribution in [0.2, 0.25) is 0 Å². The molecule has 0 radical (unpaired) electrons. The highest BCUT2D eigenvalue weighted by Gasteiger charge is 2.29. The second-order valence-electron chi connectivity index (χ2n) is 5.34. The highest BCUT2D eigenvalue weighted by molar-refractivity contribution is 7.53. The van der Waals surface area contributed by atoms with Crippen LogP contribution in [0.15, 0.2) is 30.3 Å². The second-order valence-corrected chi connectivity index (χ2v) is 7.53. The zero-order chi connectivity index (χ0) is 18.7. The fourth-order valence-electron chi connectivity index (χ4n) is 2.18. The maximum atomic E-state index is 12.4. The number of esters is 1. The molecule has 0 unspecified atom stereocenters. The van der Waals surface area contributed by atoms with E-state index in [9.17, 15) is 19.3 Å². The van der Waals surface area contributed by atoms with Crippen molar-refractivity contribution >= 4 is 19.5 Å². The van der Waals surface area contributed by atoms with E-state index in [1.807, 2.05) is 30.3 Å². The summed E-state index contributed by atoms with van der Waals surface area (Å²) in [7, 11) is -3.33. The van der Waals surface area contributed by atoms with Crippen LogP contribution in [0.1, 0.15) is 32.3 Å². The van der Waals surface area contributed by atoms with E-state index in [-0.39, 0.29) is 38.8 Å². The minimum absolute atomic E-state index is 0.00699. The van der Waals surface area contributed by atoms with Gasteiger partial charge in [0.1, 0.15) is 6.61 Å². The number of benzene rings is 1. The van der Waals surface area contributed by atoms with Crippen molar-refractivity contribution in [3.8, 4) is 0 Å². The van der Waals surface area contributed by atoms with Crippen molar-refractivity contribution in [3.05, 3.63) is 35.9 Å². The summed E-state index contributed by atoms with van der Waals surface area (Å²) in [5.74, 6) is -2.76. The predicted octanol–water partition coefficient (Wildman–Crippen LogP) is 3.48. The van der Waals surface area contributed by atoms with Gasteiger partial charge in [0.2, 0.25) is 0 Å². The van der Waals surface area contributed by atoms with E-state index in [0.717, 1.165) is 5.56 Å². The summed E-state index contributed by atoms with van der Waals surface area (Å²) in [6.07, 6.45) is -0.342. The molecule has 0 saturated heterocycles. The van der Waals surface area contributed by atoms with Gasteiger partial charge in [0, 0.05) is 0 Å². The molecule has 0 fully saturated rings. The highest BCUT2D eigenvalue weighted by atomic mass is 31.2. The first kappa shape index (κ1) is 21.4. The van der Waals surface area contributed by atoms with Crippen molar-refractivity contribution in [3.63, 3.8) is 0 Å². The third kappa shape index (κ3) is 8.29. The average molecular weight is 372 g/mol. The first-order valence-electron chi connectivity index (χ1n) is 8.20. The highest BCUT2D eigenvalue weighted by Crippen LogP contribution is 2.49. The second kappa shape index (κ2) is 11.0. The van der Waals surface area contributed by atoms with Crippen LogP contribution in [0.25, 0.3) is 0 Å². The van der Waals surface area contributed by atoms with E-state index in [1.54, 1.807) is 13.8 Å². The maximum absolute atomic E-state index is 12.4. The molecule has 0 aliphatic carbocycles. The molecule has 0 aliphatic heterocycles. The molecule has 0 aliphatic rings.